The van der Waals surface area contributed by atoms with E-state index in [-0.39, 0.29) is 17.4 Å². The molecule has 4 heteroatoms. The zero-order valence-corrected chi connectivity index (χ0v) is 19.9. The third kappa shape index (κ3) is 3.71. The second kappa shape index (κ2) is 7.52. The van der Waals surface area contributed by atoms with Crippen LogP contribution in [0.1, 0.15) is 112 Å². The van der Waals surface area contributed by atoms with Gasteiger partial charge in [0.2, 0.25) is 5.60 Å². The lowest BCUT2D eigenvalue weighted by Crippen LogP contribution is -2.59. The molecular weight excluding hydrogens is 376 g/mol. The van der Waals surface area contributed by atoms with Gasteiger partial charge in [0, 0.05) is 5.41 Å². The Kier molecular flexibility index (Phi) is 5.55. The molecule has 0 unspecified atom stereocenters. The van der Waals surface area contributed by atoms with E-state index >= 15 is 0 Å². The van der Waals surface area contributed by atoms with E-state index in [1.807, 2.05) is 20.8 Å². The highest BCUT2D eigenvalue weighted by Gasteiger charge is 2.60. The van der Waals surface area contributed by atoms with Crippen molar-refractivity contribution < 1.29 is 19.1 Å². The monoisotopic (exact) mass is 418 g/mol. The first kappa shape index (κ1) is 22.1. The molecule has 0 aromatic heterocycles. The number of hydrogen-bond donors (Lipinski definition) is 0. The summed E-state index contributed by atoms with van der Waals surface area (Å²) in [5, 5.41) is 0. The summed E-state index contributed by atoms with van der Waals surface area (Å²) in [4.78, 5) is 26.6. The fraction of sp³-hybridized carbons (Fsp3) is 0.923. The van der Waals surface area contributed by atoms with Gasteiger partial charge in [-0.2, -0.15) is 0 Å². The second-order valence-corrected chi connectivity index (χ2v) is 12.3. The standard InChI is InChI=1S/C26H42O4/c1-6-23(2,3)21(27)30-26(10-8-7-9-11-26)22(28)29-24(4,5)25-15-18-12-19(16-25)14-20(13-18)17-25/h18-20H,6-17H2,1-5H3. The van der Waals surface area contributed by atoms with Gasteiger partial charge in [0.05, 0.1) is 5.41 Å². The van der Waals surface area contributed by atoms with Crippen LogP contribution in [0.2, 0.25) is 0 Å². The van der Waals surface area contributed by atoms with Gasteiger partial charge in [-0.3, -0.25) is 4.79 Å². The molecule has 5 aliphatic rings. The number of carbonyl (C=O) groups is 2. The highest BCUT2D eigenvalue weighted by molar-refractivity contribution is 5.85. The fourth-order valence-corrected chi connectivity index (χ4v) is 7.21. The zero-order valence-electron chi connectivity index (χ0n) is 19.9. The molecule has 0 saturated heterocycles. The third-order valence-electron chi connectivity index (χ3n) is 9.42. The summed E-state index contributed by atoms with van der Waals surface area (Å²) in [6.07, 6.45) is 12.5. The normalized spacial score (nSPS) is 35.2. The fourth-order valence-electron chi connectivity index (χ4n) is 7.21. The van der Waals surface area contributed by atoms with Gasteiger partial charge in [-0.15, -0.1) is 0 Å². The number of esters is 2. The van der Waals surface area contributed by atoms with Crippen LogP contribution >= 0.6 is 0 Å². The lowest BCUT2D eigenvalue weighted by Gasteiger charge is -2.61. The van der Waals surface area contributed by atoms with E-state index < -0.39 is 16.6 Å². The van der Waals surface area contributed by atoms with Crippen LogP contribution in [0.25, 0.3) is 0 Å². The van der Waals surface area contributed by atoms with E-state index in [4.69, 9.17) is 9.47 Å². The van der Waals surface area contributed by atoms with Gasteiger partial charge in [0.15, 0.2) is 0 Å². The van der Waals surface area contributed by atoms with Crippen molar-refractivity contribution >= 4 is 11.9 Å². The largest absolute Gasteiger partial charge is 0.456 e. The van der Waals surface area contributed by atoms with Crippen LogP contribution in [0.15, 0.2) is 0 Å². The first-order valence-electron chi connectivity index (χ1n) is 12.5. The maximum absolute atomic E-state index is 13.7. The molecule has 30 heavy (non-hydrogen) atoms. The van der Waals surface area contributed by atoms with Crippen molar-refractivity contribution in [3.63, 3.8) is 0 Å². The summed E-state index contributed by atoms with van der Waals surface area (Å²) in [5.74, 6) is 1.86. The Morgan fingerprint density at radius 1 is 0.867 bits per heavy atom. The molecular formula is C26H42O4. The van der Waals surface area contributed by atoms with Gasteiger partial charge in [-0.1, -0.05) is 13.3 Å². The van der Waals surface area contributed by atoms with Crippen molar-refractivity contribution in [2.24, 2.45) is 28.6 Å². The van der Waals surface area contributed by atoms with Crippen LogP contribution in [0.5, 0.6) is 0 Å². The summed E-state index contributed by atoms with van der Waals surface area (Å²) >= 11 is 0. The minimum Gasteiger partial charge on any atom is -0.456 e. The molecule has 5 aliphatic carbocycles. The molecule has 5 fully saturated rings. The maximum atomic E-state index is 13.7. The molecule has 5 saturated carbocycles. The SMILES string of the molecule is CCC(C)(C)C(=O)OC1(C(=O)OC(C)(C)C23CC4CC(CC(C4)C2)C3)CCCCC1. The number of ether oxygens (including phenoxy) is 2. The molecule has 0 radical (unpaired) electrons. The molecule has 0 aromatic rings. The van der Waals surface area contributed by atoms with E-state index in [0.717, 1.165) is 37.0 Å². The highest BCUT2D eigenvalue weighted by Crippen LogP contribution is 2.64. The van der Waals surface area contributed by atoms with Gasteiger partial charge in [-0.05, 0) is 116 Å². The van der Waals surface area contributed by atoms with Gasteiger partial charge in [0.1, 0.15) is 5.60 Å². The Morgan fingerprint density at radius 3 is 1.83 bits per heavy atom. The first-order chi connectivity index (χ1) is 14.0. The molecule has 0 heterocycles. The molecule has 170 valence electrons. The highest BCUT2D eigenvalue weighted by atomic mass is 16.6. The van der Waals surface area contributed by atoms with Crippen LogP contribution in [-0.2, 0) is 19.1 Å². The smallest absolute Gasteiger partial charge is 0.351 e. The van der Waals surface area contributed by atoms with Crippen LogP contribution in [-0.4, -0.2) is 23.1 Å². The van der Waals surface area contributed by atoms with Crippen LogP contribution in [0.4, 0.5) is 0 Å². The Hall–Kier alpha value is -1.06. The van der Waals surface area contributed by atoms with Gasteiger partial charge >= 0.3 is 11.9 Å². The summed E-state index contributed by atoms with van der Waals surface area (Å²) in [6.45, 7) is 10.1. The Balaban J connectivity index is 1.54. The second-order valence-electron chi connectivity index (χ2n) is 12.3. The van der Waals surface area contributed by atoms with Crippen molar-refractivity contribution in [1.29, 1.82) is 0 Å². The van der Waals surface area contributed by atoms with E-state index in [2.05, 4.69) is 13.8 Å². The van der Waals surface area contributed by atoms with E-state index in [1.54, 1.807) is 0 Å². The summed E-state index contributed by atoms with van der Waals surface area (Å²) in [6, 6.07) is 0. The molecule has 0 N–H and O–H groups in total. The molecule has 4 nitrogen and oxygen atoms in total. The Labute approximate surface area is 182 Å². The number of hydrogen-bond acceptors (Lipinski definition) is 4. The molecule has 0 aliphatic heterocycles. The Bertz CT molecular complexity index is 648. The first-order valence-corrected chi connectivity index (χ1v) is 12.5. The average molecular weight is 419 g/mol. The number of carbonyl (C=O) groups excluding carboxylic acids is 2. The third-order valence-corrected chi connectivity index (χ3v) is 9.42. The van der Waals surface area contributed by atoms with Crippen molar-refractivity contribution in [3.05, 3.63) is 0 Å². The predicted molar refractivity (Wildman–Crippen MR) is 117 cm³/mol. The van der Waals surface area contributed by atoms with Crippen LogP contribution in [0.3, 0.4) is 0 Å². The maximum Gasteiger partial charge on any atom is 0.351 e. The van der Waals surface area contributed by atoms with Crippen molar-refractivity contribution in [1.82, 2.24) is 0 Å². The van der Waals surface area contributed by atoms with Crippen LogP contribution in [0, 0.1) is 28.6 Å². The predicted octanol–water partition coefficient (Wildman–Crippen LogP) is 6.21. The summed E-state index contributed by atoms with van der Waals surface area (Å²) < 4.78 is 12.4. The van der Waals surface area contributed by atoms with Gasteiger partial charge in [-0.25, -0.2) is 4.79 Å². The molecule has 4 bridgehead atoms. The quantitative estimate of drug-likeness (QED) is 0.481. The summed E-state index contributed by atoms with van der Waals surface area (Å²) in [5.41, 5.74) is -2.10. The van der Waals surface area contributed by atoms with Crippen molar-refractivity contribution in [2.75, 3.05) is 0 Å². The molecule has 5 rings (SSSR count). The van der Waals surface area contributed by atoms with E-state index in [9.17, 15) is 9.59 Å². The lowest BCUT2D eigenvalue weighted by atomic mass is 9.46. The molecule has 0 amide bonds. The van der Waals surface area contributed by atoms with Crippen molar-refractivity contribution in [2.45, 2.75) is 123 Å². The van der Waals surface area contributed by atoms with Gasteiger partial charge in [0.25, 0.3) is 0 Å². The summed E-state index contributed by atoms with van der Waals surface area (Å²) in [7, 11) is 0. The van der Waals surface area contributed by atoms with Crippen LogP contribution < -0.4 is 0 Å². The van der Waals surface area contributed by atoms with Crippen molar-refractivity contribution in [3.8, 4) is 0 Å². The zero-order chi connectivity index (χ0) is 21.8. The number of rotatable bonds is 6. The molecule has 0 atom stereocenters. The average Bonchev–Trinajstić information content (AvgIpc) is 2.67. The lowest BCUT2D eigenvalue weighted by molar-refractivity contribution is -0.222. The minimum absolute atomic E-state index is 0.0972. The Morgan fingerprint density at radius 2 is 1.37 bits per heavy atom. The molecule has 0 spiro atoms. The topological polar surface area (TPSA) is 52.6 Å². The molecule has 0 aromatic carbocycles. The minimum atomic E-state index is -1.10. The van der Waals surface area contributed by atoms with E-state index in [0.29, 0.717) is 19.3 Å². The van der Waals surface area contributed by atoms with E-state index in [1.165, 1.54) is 38.5 Å². The van der Waals surface area contributed by atoms with Gasteiger partial charge < -0.3 is 9.47 Å².